The molecular formula is C13H21N5O3. The summed E-state index contributed by atoms with van der Waals surface area (Å²) >= 11 is 0. The number of amides is 1. The van der Waals surface area contributed by atoms with Crippen LogP contribution in [0.3, 0.4) is 0 Å². The monoisotopic (exact) mass is 295 g/mol. The van der Waals surface area contributed by atoms with Gasteiger partial charge in [-0.3, -0.25) is 14.4 Å². The fraction of sp³-hybridized carbons (Fsp3) is 0.538. The molecule has 1 aromatic rings. The smallest absolute Gasteiger partial charge is 0.264 e. The molecule has 3 N–H and O–H groups in total. The third kappa shape index (κ3) is 6.66. The molecule has 0 aliphatic heterocycles. The van der Waals surface area contributed by atoms with E-state index in [0.29, 0.717) is 25.5 Å². The number of H-pyrrole nitrogens is 1. The average molecular weight is 295 g/mol. The molecule has 0 aliphatic carbocycles. The van der Waals surface area contributed by atoms with Crippen LogP contribution in [0.4, 0.5) is 5.82 Å². The lowest BCUT2D eigenvalue weighted by Gasteiger charge is -2.21. The third-order valence-corrected chi connectivity index (χ3v) is 2.72. The first-order valence-electron chi connectivity index (χ1n) is 6.74. The molecule has 8 heteroatoms. The maximum atomic E-state index is 12.1. The Balaban J connectivity index is 2.43. The summed E-state index contributed by atoms with van der Waals surface area (Å²) in [6, 6.07) is 2.89. The molecule has 0 radical (unpaired) electrons. The van der Waals surface area contributed by atoms with E-state index in [1.165, 1.54) is 24.0 Å². The van der Waals surface area contributed by atoms with E-state index in [1.807, 2.05) is 0 Å². The number of carbonyl (C=O) groups is 2. The van der Waals surface area contributed by atoms with Gasteiger partial charge in [0.1, 0.15) is 11.6 Å². The summed E-state index contributed by atoms with van der Waals surface area (Å²) < 4.78 is 0. The van der Waals surface area contributed by atoms with Crippen LogP contribution in [0.1, 0.15) is 13.3 Å². The van der Waals surface area contributed by atoms with Gasteiger partial charge >= 0.3 is 0 Å². The highest BCUT2D eigenvalue weighted by molar-refractivity contribution is 5.84. The second kappa shape index (κ2) is 8.85. The molecule has 0 spiro atoms. The number of aromatic amines is 1. The number of nitrogens with zero attached hydrogens (tertiary/aromatic N) is 2. The molecule has 1 aromatic heterocycles. The molecule has 1 amide bonds. The molecule has 1 rings (SSSR count). The highest BCUT2D eigenvalue weighted by atomic mass is 16.2. The molecule has 8 nitrogen and oxygen atoms in total. The number of ketones is 1. The molecule has 0 bridgehead atoms. The van der Waals surface area contributed by atoms with Gasteiger partial charge in [-0.15, -0.1) is 0 Å². The van der Waals surface area contributed by atoms with E-state index in [9.17, 15) is 14.4 Å². The summed E-state index contributed by atoms with van der Waals surface area (Å²) in [5.74, 6) is 0.350. The van der Waals surface area contributed by atoms with Gasteiger partial charge in [0, 0.05) is 32.1 Å². The van der Waals surface area contributed by atoms with Gasteiger partial charge in [-0.05, 0) is 20.0 Å². The highest BCUT2D eigenvalue weighted by Gasteiger charge is 2.14. The van der Waals surface area contributed by atoms with Gasteiger partial charge in [0.25, 0.3) is 5.56 Å². The highest BCUT2D eigenvalue weighted by Crippen LogP contribution is 1.99. The minimum absolute atomic E-state index is 0.0466. The first-order chi connectivity index (χ1) is 10.0. The minimum Gasteiger partial charge on any atom is -0.368 e. The number of aromatic nitrogens is 2. The van der Waals surface area contributed by atoms with E-state index >= 15 is 0 Å². The standard InChI is InChI=1S/C13H21N5O3/c1-10(19)9-18(8-7-14-2)13(21)5-6-15-11-3-4-12(20)17-16-11/h3-4,14H,5-9H2,1-2H3,(H,15,16)(H,17,20). The minimum atomic E-state index is -0.281. The Morgan fingerprint density at radius 3 is 2.67 bits per heavy atom. The summed E-state index contributed by atoms with van der Waals surface area (Å²) in [7, 11) is 1.79. The van der Waals surface area contributed by atoms with Crippen LogP contribution in [0.5, 0.6) is 0 Å². The Labute approximate surface area is 122 Å². The number of rotatable bonds is 9. The van der Waals surface area contributed by atoms with Crippen molar-refractivity contribution >= 4 is 17.5 Å². The Bertz CT molecular complexity index is 508. The van der Waals surface area contributed by atoms with Crippen LogP contribution in [0.2, 0.25) is 0 Å². The lowest BCUT2D eigenvalue weighted by Crippen LogP contribution is -2.39. The van der Waals surface area contributed by atoms with Gasteiger partial charge in [-0.25, -0.2) is 5.10 Å². The Morgan fingerprint density at radius 2 is 2.10 bits per heavy atom. The van der Waals surface area contributed by atoms with Crippen LogP contribution in [-0.4, -0.2) is 60.0 Å². The van der Waals surface area contributed by atoms with Crippen LogP contribution in [-0.2, 0) is 9.59 Å². The second-order valence-corrected chi connectivity index (χ2v) is 4.60. The fourth-order valence-electron chi connectivity index (χ4n) is 1.71. The normalized spacial score (nSPS) is 10.2. The zero-order valence-corrected chi connectivity index (χ0v) is 12.3. The average Bonchev–Trinajstić information content (AvgIpc) is 2.45. The molecule has 0 saturated carbocycles. The van der Waals surface area contributed by atoms with Crippen molar-refractivity contribution in [3.8, 4) is 0 Å². The largest absolute Gasteiger partial charge is 0.368 e. The van der Waals surface area contributed by atoms with E-state index in [2.05, 4.69) is 20.8 Å². The molecule has 0 unspecified atom stereocenters. The van der Waals surface area contributed by atoms with Gasteiger partial charge in [0.2, 0.25) is 5.91 Å². The number of anilines is 1. The fourth-order valence-corrected chi connectivity index (χ4v) is 1.71. The number of hydrogen-bond donors (Lipinski definition) is 3. The molecule has 0 saturated heterocycles. The predicted molar refractivity (Wildman–Crippen MR) is 79.2 cm³/mol. The predicted octanol–water partition coefficient (Wildman–Crippen LogP) is -0.791. The summed E-state index contributed by atoms with van der Waals surface area (Å²) in [6.07, 6.45) is 0.248. The summed E-state index contributed by atoms with van der Waals surface area (Å²) in [5.41, 5.74) is -0.281. The number of likely N-dealkylation sites (N-methyl/N-ethyl adjacent to an activating group) is 1. The summed E-state index contributed by atoms with van der Waals surface area (Å²) in [6.45, 7) is 3.09. The number of carbonyl (C=O) groups excluding carboxylic acids is 2. The quantitative estimate of drug-likeness (QED) is 0.551. The lowest BCUT2D eigenvalue weighted by atomic mass is 10.3. The van der Waals surface area contributed by atoms with E-state index in [1.54, 1.807) is 7.05 Å². The van der Waals surface area contributed by atoms with Crippen molar-refractivity contribution in [3.63, 3.8) is 0 Å². The van der Waals surface area contributed by atoms with Crippen LogP contribution in [0.25, 0.3) is 0 Å². The van der Waals surface area contributed by atoms with E-state index in [4.69, 9.17) is 0 Å². The Morgan fingerprint density at radius 1 is 1.33 bits per heavy atom. The summed E-state index contributed by atoms with van der Waals surface area (Å²) in [5, 5.41) is 12.0. The van der Waals surface area contributed by atoms with E-state index in [-0.39, 0.29) is 30.2 Å². The van der Waals surface area contributed by atoms with Crippen molar-refractivity contribution in [1.29, 1.82) is 0 Å². The number of Topliss-reactive ketones (excluding diaryl/α,β-unsaturated/α-hetero) is 1. The molecule has 1 heterocycles. The van der Waals surface area contributed by atoms with Gasteiger partial charge in [0.15, 0.2) is 0 Å². The Hall–Kier alpha value is -2.22. The molecular weight excluding hydrogens is 274 g/mol. The maximum Gasteiger partial charge on any atom is 0.264 e. The van der Waals surface area contributed by atoms with E-state index in [0.717, 1.165) is 0 Å². The molecule has 21 heavy (non-hydrogen) atoms. The molecule has 0 atom stereocenters. The molecule has 0 fully saturated rings. The van der Waals surface area contributed by atoms with Crippen LogP contribution in [0.15, 0.2) is 16.9 Å². The SMILES string of the molecule is CNCCN(CC(C)=O)C(=O)CCNc1ccc(=O)[nH]n1. The zero-order chi connectivity index (χ0) is 15.7. The first-order valence-corrected chi connectivity index (χ1v) is 6.74. The van der Waals surface area contributed by atoms with Crippen molar-refractivity contribution in [2.24, 2.45) is 0 Å². The second-order valence-electron chi connectivity index (χ2n) is 4.60. The molecule has 0 aliphatic rings. The molecule has 116 valence electrons. The number of nitrogens with one attached hydrogen (secondary N) is 3. The van der Waals surface area contributed by atoms with Crippen molar-refractivity contribution in [1.82, 2.24) is 20.4 Å². The molecule has 0 aromatic carbocycles. The number of hydrogen-bond acceptors (Lipinski definition) is 6. The lowest BCUT2D eigenvalue weighted by molar-refractivity contribution is -0.134. The van der Waals surface area contributed by atoms with Crippen molar-refractivity contribution in [3.05, 3.63) is 22.5 Å². The van der Waals surface area contributed by atoms with Gasteiger partial charge in [-0.1, -0.05) is 0 Å². The van der Waals surface area contributed by atoms with Crippen LogP contribution >= 0.6 is 0 Å². The van der Waals surface area contributed by atoms with Crippen LogP contribution < -0.4 is 16.2 Å². The maximum absolute atomic E-state index is 12.1. The summed E-state index contributed by atoms with van der Waals surface area (Å²) in [4.78, 5) is 35.6. The Kier molecular flexibility index (Phi) is 7.10. The van der Waals surface area contributed by atoms with Crippen molar-refractivity contribution < 1.29 is 9.59 Å². The third-order valence-electron chi connectivity index (χ3n) is 2.72. The van der Waals surface area contributed by atoms with Crippen LogP contribution in [0, 0.1) is 0 Å². The van der Waals surface area contributed by atoms with Gasteiger partial charge in [-0.2, -0.15) is 5.10 Å². The van der Waals surface area contributed by atoms with E-state index < -0.39 is 0 Å². The van der Waals surface area contributed by atoms with Crippen molar-refractivity contribution in [2.75, 3.05) is 38.5 Å². The first kappa shape index (κ1) is 16.8. The zero-order valence-electron chi connectivity index (χ0n) is 12.3. The van der Waals surface area contributed by atoms with Gasteiger partial charge in [0.05, 0.1) is 6.54 Å². The van der Waals surface area contributed by atoms with Gasteiger partial charge < -0.3 is 15.5 Å². The topological polar surface area (TPSA) is 107 Å². The van der Waals surface area contributed by atoms with Crippen molar-refractivity contribution in [2.45, 2.75) is 13.3 Å².